The number of hydrogen-bond donors (Lipinski definition) is 1. The van der Waals surface area contributed by atoms with Crippen molar-refractivity contribution in [2.75, 3.05) is 38.3 Å². The standard InChI is InChI=1S/C22H25ClN4O3S/c1-26(2)11-4-12-30-21(28)24-19-6-3-5-16(13-19)14-27-22(29)31-15-20(25-27)17-7-9-18(23)10-8-17/h3,5-10,13H,4,11-12,14-15H2,1-2H3,(H,24,28). The predicted octanol–water partition coefficient (Wildman–Crippen LogP) is 4.91. The lowest BCUT2D eigenvalue weighted by molar-refractivity contribution is 0.156. The number of anilines is 1. The van der Waals surface area contributed by atoms with Crippen LogP contribution in [0.2, 0.25) is 5.02 Å². The Balaban J connectivity index is 1.61. The molecule has 164 valence electrons. The second-order valence-electron chi connectivity index (χ2n) is 7.28. The van der Waals surface area contributed by atoms with Crippen molar-refractivity contribution >= 4 is 46.1 Å². The van der Waals surface area contributed by atoms with E-state index in [0.29, 0.717) is 29.6 Å². The summed E-state index contributed by atoms with van der Waals surface area (Å²) >= 11 is 7.17. The zero-order valence-electron chi connectivity index (χ0n) is 17.5. The Kier molecular flexibility index (Phi) is 8.34. The Morgan fingerprint density at radius 2 is 2.03 bits per heavy atom. The van der Waals surface area contributed by atoms with E-state index in [2.05, 4.69) is 10.4 Å². The first kappa shape index (κ1) is 23.1. The molecule has 1 aliphatic rings. The molecule has 2 aromatic carbocycles. The van der Waals surface area contributed by atoms with Crippen LogP contribution < -0.4 is 5.32 Å². The number of nitrogens with one attached hydrogen (secondary N) is 1. The van der Waals surface area contributed by atoms with Gasteiger partial charge in [0.2, 0.25) is 0 Å². The lowest BCUT2D eigenvalue weighted by Crippen LogP contribution is -2.29. The van der Waals surface area contributed by atoms with Crippen LogP contribution in [0, 0.1) is 0 Å². The summed E-state index contributed by atoms with van der Waals surface area (Å²) in [7, 11) is 3.94. The minimum Gasteiger partial charge on any atom is -0.449 e. The second-order valence-corrected chi connectivity index (χ2v) is 8.65. The van der Waals surface area contributed by atoms with Crippen molar-refractivity contribution in [1.82, 2.24) is 9.91 Å². The van der Waals surface area contributed by atoms with E-state index in [1.54, 1.807) is 18.2 Å². The summed E-state index contributed by atoms with van der Waals surface area (Å²) in [5, 5.41) is 9.24. The average Bonchev–Trinajstić information content (AvgIpc) is 2.74. The number of nitrogens with zero attached hydrogens (tertiary/aromatic N) is 3. The van der Waals surface area contributed by atoms with Gasteiger partial charge in [-0.05, 0) is 55.9 Å². The second kappa shape index (κ2) is 11.2. The number of halogens is 1. The van der Waals surface area contributed by atoms with Gasteiger partial charge in [0, 0.05) is 23.0 Å². The topological polar surface area (TPSA) is 74.2 Å². The first-order valence-corrected chi connectivity index (χ1v) is 11.2. The minimum atomic E-state index is -0.497. The van der Waals surface area contributed by atoms with E-state index in [4.69, 9.17) is 16.3 Å². The van der Waals surface area contributed by atoms with Crippen LogP contribution in [0.3, 0.4) is 0 Å². The van der Waals surface area contributed by atoms with Crippen LogP contribution in [-0.4, -0.2) is 60.0 Å². The third-order valence-electron chi connectivity index (χ3n) is 4.45. The normalized spacial score (nSPS) is 13.9. The molecule has 1 aliphatic heterocycles. The SMILES string of the molecule is CN(C)CCCOC(=O)Nc1cccc(CN2N=C(c3ccc(Cl)cc3)CSC2=O)c1. The molecule has 0 saturated carbocycles. The van der Waals surface area contributed by atoms with E-state index in [9.17, 15) is 9.59 Å². The van der Waals surface area contributed by atoms with Gasteiger partial charge in [-0.15, -0.1) is 0 Å². The maximum absolute atomic E-state index is 12.4. The van der Waals surface area contributed by atoms with Crippen LogP contribution in [0.5, 0.6) is 0 Å². The number of hydrogen-bond acceptors (Lipinski definition) is 6. The van der Waals surface area contributed by atoms with Crippen molar-refractivity contribution in [2.45, 2.75) is 13.0 Å². The number of hydrazone groups is 1. The van der Waals surface area contributed by atoms with Gasteiger partial charge in [0.25, 0.3) is 0 Å². The van der Waals surface area contributed by atoms with Crippen molar-refractivity contribution < 1.29 is 14.3 Å². The van der Waals surface area contributed by atoms with E-state index in [1.165, 1.54) is 16.8 Å². The fraction of sp³-hybridized carbons (Fsp3) is 0.318. The van der Waals surface area contributed by atoms with Crippen LogP contribution in [0.15, 0.2) is 53.6 Å². The van der Waals surface area contributed by atoms with E-state index >= 15 is 0 Å². The van der Waals surface area contributed by atoms with Gasteiger partial charge in [-0.25, -0.2) is 9.80 Å². The average molecular weight is 461 g/mol. The molecule has 2 aromatic rings. The van der Waals surface area contributed by atoms with Gasteiger partial charge in [0.1, 0.15) is 0 Å². The fourth-order valence-corrected chi connectivity index (χ4v) is 3.79. The molecule has 2 amide bonds. The molecular formula is C22H25ClN4O3S. The molecule has 1 N–H and O–H groups in total. The highest BCUT2D eigenvalue weighted by atomic mass is 35.5. The number of benzene rings is 2. The Hall–Kier alpha value is -2.55. The first-order valence-electron chi connectivity index (χ1n) is 9.86. The molecule has 9 heteroatoms. The molecule has 0 aliphatic carbocycles. The van der Waals surface area contributed by atoms with Crippen molar-refractivity contribution in [1.29, 1.82) is 0 Å². The van der Waals surface area contributed by atoms with Gasteiger partial charge in [-0.3, -0.25) is 10.1 Å². The highest BCUT2D eigenvalue weighted by Gasteiger charge is 2.22. The van der Waals surface area contributed by atoms with Crippen LogP contribution in [-0.2, 0) is 11.3 Å². The molecule has 3 rings (SSSR count). The molecule has 0 aromatic heterocycles. The highest BCUT2D eigenvalue weighted by Crippen LogP contribution is 2.23. The Labute approximate surface area is 191 Å². The van der Waals surface area contributed by atoms with Crippen LogP contribution in [0.25, 0.3) is 0 Å². The quantitative estimate of drug-likeness (QED) is 0.566. The fourth-order valence-electron chi connectivity index (χ4n) is 2.92. The van der Waals surface area contributed by atoms with Crippen LogP contribution in [0.4, 0.5) is 15.3 Å². The zero-order chi connectivity index (χ0) is 22.2. The number of ether oxygens (including phenoxy) is 1. The Morgan fingerprint density at radius 3 is 2.77 bits per heavy atom. The zero-order valence-corrected chi connectivity index (χ0v) is 19.1. The Morgan fingerprint density at radius 1 is 1.26 bits per heavy atom. The van der Waals surface area contributed by atoms with E-state index in [1.807, 2.05) is 49.3 Å². The van der Waals surface area contributed by atoms with Crippen molar-refractivity contribution in [3.05, 3.63) is 64.7 Å². The van der Waals surface area contributed by atoms with Crippen LogP contribution in [0.1, 0.15) is 17.5 Å². The number of rotatable bonds is 8. The number of carbonyl (C=O) groups is 2. The largest absolute Gasteiger partial charge is 0.449 e. The molecular weight excluding hydrogens is 436 g/mol. The lowest BCUT2D eigenvalue weighted by Gasteiger charge is -2.23. The number of thioether (sulfide) groups is 1. The summed E-state index contributed by atoms with van der Waals surface area (Å²) < 4.78 is 5.20. The Bertz CT molecular complexity index is 950. The summed E-state index contributed by atoms with van der Waals surface area (Å²) in [4.78, 5) is 26.4. The molecule has 0 radical (unpaired) electrons. The predicted molar refractivity (Wildman–Crippen MR) is 126 cm³/mol. The van der Waals surface area contributed by atoms with Gasteiger partial charge >= 0.3 is 11.3 Å². The number of carbonyl (C=O) groups excluding carboxylic acids is 2. The van der Waals surface area contributed by atoms with E-state index in [0.717, 1.165) is 29.8 Å². The maximum atomic E-state index is 12.4. The third-order valence-corrected chi connectivity index (χ3v) is 5.58. The van der Waals surface area contributed by atoms with Crippen LogP contribution >= 0.6 is 23.4 Å². The van der Waals surface area contributed by atoms with E-state index in [-0.39, 0.29) is 5.24 Å². The summed E-state index contributed by atoms with van der Waals surface area (Å²) in [5.74, 6) is 0.512. The van der Waals surface area contributed by atoms with Crippen molar-refractivity contribution in [3.8, 4) is 0 Å². The first-order chi connectivity index (χ1) is 14.9. The maximum Gasteiger partial charge on any atom is 0.411 e. The smallest absolute Gasteiger partial charge is 0.411 e. The summed E-state index contributed by atoms with van der Waals surface area (Å²) in [6.07, 6.45) is 0.270. The lowest BCUT2D eigenvalue weighted by atomic mass is 10.1. The van der Waals surface area contributed by atoms with Gasteiger partial charge in [0.05, 0.1) is 18.9 Å². The molecule has 0 saturated heterocycles. The number of amides is 2. The molecule has 0 unspecified atom stereocenters. The third kappa shape index (κ3) is 7.27. The summed E-state index contributed by atoms with van der Waals surface area (Å²) in [6.45, 7) is 1.50. The summed E-state index contributed by atoms with van der Waals surface area (Å²) in [6, 6.07) is 14.7. The van der Waals surface area contributed by atoms with Gasteiger partial charge in [-0.2, -0.15) is 5.10 Å². The molecule has 0 atom stereocenters. The molecule has 1 heterocycles. The van der Waals surface area contributed by atoms with Gasteiger partial charge < -0.3 is 9.64 Å². The molecule has 0 bridgehead atoms. The van der Waals surface area contributed by atoms with Gasteiger partial charge in [-0.1, -0.05) is 47.6 Å². The molecule has 0 spiro atoms. The van der Waals surface area contributed by atoms with Crippen molar-refractivity contribution in [3.63, 3.8) is 0 Å². The molecule has 0 fully saturated rings. The molecule has 7 nitrogen and oxygen atoms in total. The van der Waals surface area contributed by atoms with Gasteiger partial charge in [0.15, 0.2) is 0 Å². The summed E-state index contributed by atoms with van der Waals surface area (Å²) in [5.41, 5.74) is 3.20. The van der Waals surface area contributed by atoms with E-state index < -0.39 is 6.09 Å². The van der Waals surface area contributed by atoms with Crippen molar-refractivity contribution in [2.24, 2.45) is 5.10 Å². The highest BCUT2D eigenvalue weighted by molar-refractivity contribution is 8.14. The monoisotopic (exact) mass is 460 g/mol. The molecule has 31 heavy (non-hydrogen) atoms. The minimum absolute atomic E-state index is 0.114.